The highest BCUT2D eigenvalue weighted by Crippen LogP contribution is 2.29. The Bertz CT molecular complexity index is 547. The van der Waals surface area contributed by atoms with Crippen molar-refractivity contribution in [3.05, 3.63) is 43.5 Å². The molecule has 1 unspecified atom stereocenters. The molecule has 0 saturated carbocycles. The third-order valence-corrected chi connectivity index (χ3v) is 4.26. The van der Waals surface area contributed by atoms with Gasteiger partial charge in [-0.3, -0.25) is 0 Å². The van der Waals surface area contributed by atoms with Gasteiger partial charge in [-0.15, -0.1) is 11.3 Å². The van der Waals surface area contributed by atoms with Crippen molar-refractivity contribution < 1.29 is 9.13 Å². The van der Waals surface area contributed by atoms with Crippen LogP contribution in [0.25, 0.3) is 0 Å². The van der Waals surface area contributed by atoms with Crippen molar-refractivity contribution in [1.82, 2.24) is 4.98 Å². The van der Waals surface area contributed by atoms with Crippen molar-refractivity contribution >= 4 is 33.9 Å². The van der Waals surface area contributed by atoms with E-state index in [2.05, 4.69) is 27.6 Å². The molecule has 0 amide bonds. The molecule has 6 heteroatoms. The molecule has 0 saturated heterocycles. The predicted molar refractivity (Wildman–Crippen MR) is 78.4 cm³/mol. The molecule has 18 heavy (non-hydrogen) atoms. The topological polar surface area (TPSA) is 48.1 Å². The molecule has 3 nitrogen and oxygen atoms in total. The molecule has 2 aromatic rings. The Morgan fingerprint density at radius 1 is 1.61 bits per heavy atom. The van der Waals surface area contributed by atoms with Crippen LogP contribution in [0.1, 0.15) is 24.1 Å². The number of ether oxygens (including phenoxy) is 1. The average molecular weight is 378 g/mol. The number of nitrogens with two attached hydrogens (primary N) is 1. The monoisotopic (exact) mass is 378 g/mol. The fraction of sp³-hybridized carbons (Fsp3) is 0.250. The van der Waals surface area contributed by atoms with E-state index >= 15 is 0 Å². The van der Waals surface area contributed by atoms with Gasteiger partial charge in [0, 0.05) is 11.8 Å². The van der Waals surface area contributed by atoms with Crippen LogP contribution in [-0.4, -0.2) is 11.6 Å². The van der Waals surface area contributed by atoms with Crippen LogP contribution in [0.15, 0.2) is 23.7 Å². The minimum Gasteiger partial charge on any atom is -0.476 e. The number of hydrogen-bond acceptors (Lipinski definition) is 4. The van der Waals surface area contributed by atoms with Crippen molar-refractivity contribution in [3.63, 3.8) is 0 Å². The van der Waals surface area contributed by atoms with Gasteiger partial charge in [0.15, 0.2) is 5.82 Å². The molecular formula is C12H12FIN2OS. The quantitative estimate of drug-likeness (QED) is 0.831. The second kappa shape index (κ2) is 5.94. The zero-order valence-electron chi connectivity index (χ0n) is 9.69. The highest BCUT2D eigenvalue weighted by atomic mass is 127. The maximum absolute atomic E-state index is 14.1. The summed E-state index contributed by atoms with van der Waals surface area (Å²) in [7, 11) is 0. The normalized spacial score (nSPS) is 12.4. The Kier molecular flexibility index (Phi) is 4.52. The van der Waals surface area contributed by atoms with Gasteiger partial charge in [0.2, 0.25) is 0 Å². The van der Waals surface area contributed by atoms with E-state index in [1.54, 1.807) is 24.3 Å². The third-order valence-electron chi connectivity index (χ3n) is 2.45. The first kappa shape index (κ1) is 13.7. The highest BCUT2D eigenvalue weighted by Gasteiger charge is 2.18. The van der Waals surface area contributed by atoms with E-state index in [0.717, 1.165) is 8.45 Å². The minimum absolute atomic E-state index is 0.00961. The molecule has 0 bridgehead atoms. The van der Waals surface area contributed by atoms with E-state index < -0.39 is 11.9 Å². The van der Waals surface area contributed by atoms with Crippen LogP contribution in [0.3, 0.4) is 0 Å². The Morgan fingerprint density at radius 2 is 2.39 bits per heavy atom. The molecule has 2 aromatic heterocycles. The lowest BCUT2D eigenvalue weighted by atomic mass is 10.0. The summed E-state index contributed by atoms with van der Waals surface area (Å²) in [5.74, 6) is -0.469. The maximum atomic E-state index is 14.1. The van der Waals surface area contributed by atoms with Gasteiger partial charge in [-0.05, 0) is 52.6 Å². The summed E-state index contributed by atoms with van der Waals surface area (Å²) in [6.45, 7) is 2.16. The van der Waals surface area contributed by atoms with Gasteiger partial charge in [0.25, 0.3) is 5.88 Å². The molecule has 0 aliphatic heterocycles. The van der Waals surface area contributed by atoms with Gasteiger partial charge in [-0.25, -0.2) is 9.37 Å². The van der Waals surface area contributed by atoms with Crippen LogP contribution in [0.5, 0.6) is 5.88 Å². The number of aromatic nitrogens is 1. The molecular weight excluding hydrogens is 366 g/mol. The average Bonchev–Trinajstić information content (AvgIpc) is 2.78. The van der Waals surface area contributed by atoms with Gasteiger partial charge in [0.05, 0.1) is 15.5 Å². The van der Waals surface area contributed by atoms with Crippen LogP contribution < -0.4 is 10.5 Å². The Morgan fingerprint density at radius 3 is 3.00 bits per heavy atom. The van der Waals surface area contributed by atoms with Crippen LogP contribution in [0.2, 0.25) is 0 Å². The Labute approximate surface area is 122 Å². The van der Waals surface area contributed by atoms with Gasteiger partial charge in [-0.2, -0.15) is 0 Å². The van der Waals surface area contributed by atoms with Gasteiger partial charge >= 0.3 is 0 Å². The van der Waals surface area contributed by atoms with E-state index in [1.807, 2.05) is 11.4 Å². The van der Waals surface area contributed by atoms with E-state index in [0.29, 0.717) is 12.2 Å². The van der Waals surface area contributed by atoms with E-state index in [9.17, 15) is 4.39 Å². The number of pyridine rings is 1. The number of hydrogen-bond donors (Lipinski definition) is 1. The molecule has 0 spiro atoms. The molecule has 96 valence electrons. The first-order valence-corrected chi connectivity index (χ1v) is 7.36. The number of halogens is 2. The van der Waals surface area contributed by atoms with Crippen molar-refractivity contribution in [2.24, 2.45) is 5.73 Å². The number of nitrogens with zero attached hydrogens (tertiary/aromatic N) is 1. The molecule has 0 aliphatic carbocycles. The molecule has 0 aromatic carbocycles. The first-order valence-electron chi connectivity index (χ1n) is 5.40. The SMILES string of the molecule is CCOc1nccc(C(N)c2csc(I)c2)c1F. The lowest BCUT2D eigenvalue weighted by Gasteiger charge is -2.13. The molecule has 1 atom stereocenters. The van der Waals surface area contributed by atoms with Crippen molar-refractivity contribution in [2.45, 2.75) is 13.0 Å². The predicted octanol–water partition coefficient (Wildman–Crippen LogP) is 3.33. The Balaban J connectivity index is 2.35. The second-order valence-corrected chi connectivity index (χ2v) is 6.42. The van der Waals surface area contributed by atoms with Crippen LogP contribution >= 0.6 is 33.9 Å². The van der Waals surface area contributed by atoms with E-state index in [-0.39, 0.29) is 5.88 Å². The number of rotatable bonds is 4. The maximum Gasteiger partial charge on any atom is 0.250 e. The van der Waals surface area contributed by atoms with E-state index in [4.69, 9.17) is 10.5 Å². The minimum atomic E-state index is -0.494. The summed E-state index contributed by atoms with van der Waals surface area (Å²) in [6, 6.07) is 3.05. The largest absolute Gasteiger partial charge is 0.476 e. The summed E-state index contributed by atoms with van der Waals surface area (Å²) in [5, 5.41) is 1.94. The smallest absolute Gasteiger partial charge is 0.250 e. The van der Waals surface area contributed by atoms with Crippen molar-refractivity contribution in [2.75, 3.05) is 6.61 Å². The first-order chi connectivity index (χ1) is 8.63. The Hall–Kier alpha value is -0.730. The van der Waals surface area contributed by atoms with E-state index in [1.165, 1.54) is 6.20 Å². The lowest BCUT2D eigenvalue weighted by Crippen LogP contribution is -2.14. The second-order valence-electron chi connectivity index (χ2n) is 3.61. The molecule has 2 N–H and O–H groups in total. The molecule has 0 radical (unpaired) electrons. The molecule has 2 heterocycles. The van der Waals surface area contributed by atoms with Crippen LogP contribution in [0, 0.1) is 8.70 Å². The number of thiophene rings is 1. The summed E-state index contributed by atoms with van der Waals surface area (Å²) >= 11 is 3.80. The fourth-order valence-electron chi connectivity index (χ4n) is 1.58. The summed E-state index contributed by atoms with van der Waals surface area (Å²) in [5.41, 5.74) is 7.38. The van der Waals surface area contributed by atoms with Gasteiger partial charge in [-0.1, -0.05) is 0 Å². The molecule has 0 fully saturated rings. The standard InChI is InChI=1S/C12H12FIN2OS/c1-2-17-12-10(13)8(3-4-16-12)11(15)7-5-9(14)18-6-7/h3-6,11H,2,15H2,1H3. The lowest BCUT2D eigenvalue weighted by molar-refractivity contribution is 0.305. The van der Waals surface area contributed by atoms with Crippen molar-refractivity contribution in [1.29, 1.82) is 0 Å². The molecule has 0 aliphatic rings. The van der Waals surface area contributed by atoms with Crippen LogP contribution in [0.4, 0.5) is 4.39 Å². The highest BCUT2D eigenvalue weighted by molar-refractivity contribution is 14.1. The summed E-state index contributed by atoms with van der Waals surface area (Å²) < 4.78 is 20.4. The van der Waals surface area contributed by atoms with Crippen molar-refractivity contribution in [3.8, 4) is 5.88 Å². The summed E-state index contributed by atoms with van der Waals surface area (Å²) in [4.78, 5) is 3.86. The van der Waals surface area contributed by atoms with Gasteiger partial charge < -0.3 is 10.5 Å². The molecule has 2 rings (SSSR count). The zero-order valence-corrected chi connectivity index (χ0v) is 12.7. The summed E-state index contributed by atoms with van der Waals surface area (Å²) in [6.07, 6.45) is 1.51. The third kappa shape index (κ3) is 2.81. The van der Waals surface area contributed by atoms with Gasteiger partial charge in [0.1, 0.15) is 0 Å². The zero-order chi connectivity index (χ0) is 13.1. The van der Waals surface area contributed by atoms with Crippen LogP contribution in [-0.2, 0) is 0 Å². The fourth-order valence-corrected chi connectivity index (χ4v) is 2.99.